The first-order valence-electron chi connectivity index (χ1n) is 6.43. The van der Waals surface area contributed by atoms with Crippen molar-refractivity contribution in [1.82, 2.24) is 4.98 Å². The molecule has 0 bridgehead atoms. The van der Waals surface area contributed by atoms with Gasteiger partial charge in [0.2, 0.25) is 0 Å². The molecule has 0 fully saturated rings. The second-order valence-corrected chi connectivity index (χ2v) is 5.39. The molecule has 0 aliphatic rings. The number of allylic oxidation sites excluding steroid dienone is 1. The van der Waals surface area contributed by atoms with Crippen LogP contribution in [0.3, 0.4) is 0 Å². The van der Waals surface area contributed by atoms with Crippen LogP contribution in [0.2, 0.25) is 0 Å². The fraction of sp³-hybridized carbons (Fsp3) is 0.0667. The number of nitrogens with zero attached hydrogens (tertiary/aromatic N) is 2. The first-order valence-corrected chi connectivity index (χ1v) is 7.51. The zero-order valence-corrected chi connectivity index (χ0v) is 14.0. The number of nitrogens with two attached hydrogens (primary N) is 1. The van der Waals surface area contributed by atoms with Gasteiger partial charge in [0.25, 0.3) is 0 Å². The molecule has 2 aromatic rings. The second kappa shape index (κ2) is 7.60. The fourth-order valence-corrected chi connectivity index (χ4v) is 2.45. The zero-order valence-electron chi connectivity index (χ0n) is 11.9. The van der Waals surface area contributed by atoms with Crippen molar-refractivity contribution in [3.8, 4) is 5.75 Å². The minimum absolute atomic E-state index is 0.113. The zero-order chi connectivity index (χ0) is 17.7. The van der Waals surface area contributed by atoms with Gasteiger partial charge < -0.3 is 10.5 Å². The summed E-state index contributed by atoms with van der Waals surface area (Å²) in [4.78, 5) is 7.85. The number of pyridine rings is 1. The summed E-state index contributed by atoms with van der Waals surface area (Å²) in [5, 5.41) is 0. The van der Waals surface area contributed by atoms with E-state index < -0.39 is 12.2 Å². The summed E-state index contributed by atoms with van der Waals surface area (Å²) in [7, 11) is 0. The van der Waals surface area contributed by atoms with E-state index in [1.165, 1.54) is 36.7 Å². The molecule has 0 atom stereocenters. The van der Waals surface area contributed by atoms with Crippen LogP contribution in [0.1, 0.15) is 5.56 Å². The Morgan fingerprint density at radius 2 is 1.88 bits per heavy atom. The van der Waals surface area contributed by atoms with E-state index in [0.717, 1.165) is 12.1 Å². The first-order chi connectivity index (χ1) is 11.3. The quantitative estimate of drug-likeness (QED) is 0.421. The lowest BCUT2D eigenvalue weighted by molar-refractivity contribution is -0.274. The molecule has 2 N–H and O–H groups in total. The maximum atomic E-state index is 13.6. The largest absolute Gasteiger partial charge is 0.573 e. The van der Waals surface area contributed by atoms with E-state index in [4.69, 9.17) is 5.73 Å². The van der Waals surface area contributed by atoms with Crippen LogP contribution in [0, 0.1) is 5.82 Å². The monoisotopic (exact) mass is 451 g/mol. The summed E-state index contributed by atoms with van der Waals surface area (Å²) >= 11 is 1.84. The van der Waals surface area contributed by atoms with Gasteiger partial charge in [-0.3, -0.25) is 0 Å². The van der Waals surface area contributed by atoms with Gasteiger partial charge in [0.05, 0.1) is 0 Å². The Morgan fingerprint density at radius 3 is 2.42 bits per heavy atom. The summed E-state index contributed by atoms with van der Waals surface area (Å²) in [5.74, 6) is -1.07. The Hall–Kier alpha value is -2.17. The third kappa shape index (κ3) is 4.91. The molecule has 2 rings (SSSR count). The summed E-state index contributed by atoms with van der Waals surface area (Å²) < 4.78 is 54.2. The summed E-state index contributed by atoms with van der Waals surface area (Å²) in [6, 6.07) is 7.73. The van der Waals surface area contributed by atoms with Crippen molar-refractivity contribution in [3.05, 3.63) is 60.2 Å². The smallest absolute Gasteiger partial charge is 0.406 e. The molecule has 0 amide bonds. The minimum Gasteiger partial charge on any atom is -0.406 e. The summed E-state index contributed by atoms with van der Waals surface area (Å²) in [6.07, 6.45) is -2.15. The van der Waals surface area contributed by atoms with Gasteiger partial charge in [-0.2, -0.15) is 0 Å². The van der Waals surface area contributed by atoms with Gasteiger partial charge in [0.15, 0.2) is 11.6 Å². The normalized spacial score (nSPS) is 13.0. The van der Waals surface area contributed by atoms with Crippen molar-refractivity contribution < 1.29 is 22.3 Å². The fourth-order valence-electron chi connectivity index (χ4n) is 1.73. The van der Waals surface area contributed by atoms with Crippen molar-refractivity contribution in [2.24, 2.45) is 10.7 Å². The number of halogens is 5. The average Bonchev–Trinajstić information content (AvgIpc) is 2.50. The summed E-state index contributed by atoms with van der Waals surface area (Å²) in [6.45, 7) is 0. The molecule has 1 aromatic carbocycles. The molecule has 9 heteroatoms. The van der Waals surface area contributed by atoms with Crippen LogP contribution in [0.4, 0.5) is 23.4 Å². The molecule has 24 heavy (non-hydrogen) atoms. The lowest BCUT2D eigenvalue weighted by atomic mass is 10.1. The lowest BCUT2D eigenvalue weighted by Crippen LogP contribution is -2.17. The molecule has 0 saturated carbocycles. The van der Waals surface area contributed by atoms with E-state index in [1.54, 1.807) is 0 Å². The Labute approximate surface area is 148 Å². The van der Waals surface area contributed by atoms with Crippen molar-refractivity contribution in [3.63, 3.8) is 0 Å². The molecule has 0 aliphatic carbocycles. The van der Waals surface area contributed by atoms with Crippen molar-refractivity contribution in [2.75, 3.05) is 0 Å². The number of aliphatic imine (C=N–C) groups is 1. The third-order valence-corrected chi connectivity index (χ3v) is 3.55. The second-order valence-electron chi connectivity index (χ2n) is 4.36. The number of rotatable bonds is 4. The SMILES string of the molecule is NC=C(C(I)=Nc1ncccc1F)c1ccc(OC(F)(F)F)cc1. The van der Waals surface area contributed by atoms with Crippen LogP contribution in [-0.2, 0) is 0 Å². The molecule has 126 valence electrons. The van der Waals surface area contributed by atoms with Crippen LogP contribution in [0.5, 0.6) is 5.75 Å². The predicted molar refractivity (Wildman–Crippen MR) is 90.6 cm³/mol. The van der Waals surface area contributed by atoms with Crippen LogP contribution >= 0.6 is 22.6 Å². The molecular weight excluding hydrogens is 441 g/mol. The summed E-state index contributed by atoms with van der Waals surface area (Å²) in [5.41, 5.74) is 6.48. The van der Waals surface area contributed by atoms with Gasteiger partial charge >= 0.3 is 6.36 Å². The molecule has 0 unspecified atom stereocenters. The minimum atomic E-state index is -4.76. The Balaban J connectivity index is 2.27. The van der Waals surface area contributed by atoms with Crippen LogP contribution < -0.4 is 10.5 Å². The van der Waals surface area contributed by atoms with Crippen LogP contribution in [0.15, 0.2) is 53.8 Å². The number of benzene rings is 1. The molecular formula is C15H10F4IN3O. The highest BCUT2D eigenvalue weighted by molar-refractivity contribution is 14.1. The van der Waals surface area contributed by atoms with Crippen molar-refractivity contribution in [2.45, 2.75) is 6.36 Å². The molecule has 1 heterocycles. The highest BCUT2D eigenvalue weighted by Gasteiger charge is 2.31. The molecule has 1 aromatic heterocycles. The predicted octanol–water partition coefficient (Wildman–Crippen LogP) is 4.58. The molecule has 0 saturated heterocycles. The van der Waals surface area contributed by atoms with E-state index in [1.807, 2.05) is 22.6 Å². The van der Waals surface area contributed by atoms with E-state index in [0.29, 0.717) is 14.9 Å². The van der Waals surface area contributed by atoms with E-state index >= 15 is 0 Å². The lowest BCUT2D eigenvalue weighted by Gasteiger charge is -2.10. The van der Waals surface area contributed by atoms with E-state index in [-0.39, 0.29) is 11.6 Å². The standard InChI is InChI=1S/C15H10F4IN3O/c16-12-2-1-7-22-14(12)23-13(20)11(8-21)9-3-5-10(6-4-9)24-15(17,18)19/h1-8H,21H2. The highest BCUT2D eigenvalue weighted by atomic mass is 127. The molecule has 4 nitrogen and oxygen atoms in total. The Bertz CT molecular complexity index is 773. The molecule has 0 aliphatic heterocycles. The van der Waals surface area contributed by atoms with Gasteiger partial charge in [0.1, 0.15) is 9.47 Å². The van der Waals surface area contributed by atoms with Crippen LogP contribution in [0.25, 0.3) is 5.57 Å². The maximum absolute atomic E-state index is 13.6. The highest BCUT2D eigenvalue weighted by Crippen LogP contribution is 2.27. The van der Waals surface area contributed by atoms with Gasteiger partial charge in [-0.15, -0.1) is 13.2 Å². The first kappa shape index (κ1) is 18.2. The Morgan fingerprint density at radius 1 is 1.21 bits per heavy atom. The molecule has 0 radical (unpaired) electrons. The van der Waals surface area contributed by atoms with Crippen molar-refractivity contribution >= 4 is 37.7 Å². The van der Waals surface area contributed by atoms with Gasteiger partial charge in [-0.25, -0.2) is 14.4 Å². The van der Waals surface area contributed by atoms with Gasteiger partial charge in [0, 0.05) is 18.0 Å². The van der Waals surface area contributed by atoms with E-state index in [9.17, 15) is 17.6 Å². The Kier molecular flexibility index (Phi) is 5.75. The average molecular weight is 451 g/mol. The number of alkyl halides is 3. The van der Waals surface area contributed by atoms with Crippen molar-refractivity contribution in [1.29, 1.82) is 0 Å². The number of aromatic nitrogens is 1. The van der Waals surface area contributed by atoms with E-state index in [2.05, 4.69) is 14.7 Å². The van der Waals surface area contributed by atoms with Gasteiger partial charge in [-0.05, 0) is 52.4 Å². The maximum Gasteiger partial charge on any atom is 0.573 e. The number of hydrogen-bond donors (Lipinski definition) is 1. The topological polar surface area (TPSA) is 60.5 Å². The molecule has 0 spiro atoms. The number of ether oxygens (including phenoxy) is 1. The van der Waals surface area contributed by atoms with Crippen LogP contribution in [-0.4, -0.2) is 15.1 Å². The number of hydrogen-bond acceptors (Lipinski definition) is 4. The van der Waals surface area contributed by atoms with Gasteiger partial charge in [-0.1, -0.05) is 12.1 Å². The third-order valence-electron chi connectivity index (χ3n) is 2.73.